The number of hydrogen-bond acceptors (Lipinski definition) is 3. The molecular formula is C18H16BrFN2OS. The zero-order valence-electron chi connectivity index (χ0n) is 13.2. The first-order valence-electron chi connectivity index (χ1n) is 7.48. The Bertz CT molecular complexity index is 792. The van der Waals surface area contributed by atoms with E-state index < -0.39 is 4.75 Å². The molecule has 0 radical (unpaired) electrons. The summed E-state index contributed by atoms with van der Waals surface area (Å²) in [7, 11) is 0. The van der Waals surface area contributed by atoms with Crippen LogP contribution in [0.5, 0.6) is 0 Å². The lowest BCUT2D eigenvalue weighted by Crippen LogP contribution is -2.31. The molecule has 124 valence electrons. The molecule has 0 aliphatic carbocycles. The van der Waals surface area contributed by atoms with Gasteiger partial charge in [-0.1, -0.05) is 52.0 Å². The first-order chi connectivity index (χ1) is 11.4. The van der Waals surface area contributed by atoms with Gasteiger partial charge in [0.1, 0.15) is 10.6 Å². The highest BCUT2D eigenvalue weighted by atomic mass is 79.9. The van der Waals surface area contributed by atoms with Crippen LogP contribution in [0.2, 0.25) is 0 Å². The van der Waals surface area contributed by atoms with Crippen LogP contribution in [0.25, 0.3) is 0 Å². The highest BCUT2D eigenvalue weighted by Crippen LogP contribution is 2.42. The number of rotatable bonds is 3. The molecule has 1 aliphatic rings. The molecule has 1 unspecified atom stereocenters. The number of nitrogens with zero attached hydrogens (tertiary/aromatic N) is 1. The standard InChI is InChI=1S/C18H16BrFN2OS/c1-11(12-3-9-15(20)10-4-12)21-17-22-16(23)18(2,24-17)13-5-7-14(19)8-6-13/h3-11H,1-2H3,(H,21,22,23)/t11-,18?/m0/s1. The monoisotopic (exact) mass is 406 g/mol. The van der Waals surface area contributed by atoms with Crippen LogP contribution in [0.3, 0.4) is 0 Å². The third-order valence-corrected chi connectivity index (χ3v) is 5.77. The van der Waals surface area contributed by atoms with E-state index in [1.807, 2.05) is 38.1 Å². The van der Waals surface area contributed by atoms with Crippen molar-refractivity contribution in [3.63, 3.8) is 0 Å². The zero-order chi connectivity index (χ0) is 17.3. The van der Waals surface area contributed by atoms with Gasteiger partial charge in [-0.25, -0.2) is 4.39 Å². The van der Waals surface area contributed by atoms with Gasteiger partial charge in [-0.05, 0) is 49.2 Å². The van der Waals surface area contributed by atoms with Crippen molar-refractivity contribution in [1.29, 1.82) is 0 Å². The molecule has 3 nitrogen and oxygen atoms in total. The number of carbonyl (C=O) groups is 1. The van der Waals surface area contributed by atoms with Crippen LogP contribution < -0.4 is 5.32 Å². The maximum absolute atomic E-state index is 13.0. The molecule has 2 aromatic carbocycles. The van der Waals surface area contributed by atoms with E-state index in [0.29, 0.717) is 5.17 Å². The quantitative estimate of drug-likeness (QED) is 0.796. The molecule has 1 aliphatic heterocycles. The van der Waals surface area contributed by atoms with E-state index in [9.17, 15) is 9.18 Å². The lowest BCUT2D eigenvalue weighted by molar-refractivity contribution is -0.121. The second-order valence-corrected chi connectivity index (χ2v) is 8.08. The van der Waals surface area contributed by atoms with E-state index >= 15 is 0 Å². The summed E-state index contributed by atoms with van der Waals surface area (Å²) in [6.07, 6.45) is 0. The Hall–Kier alpha value is -1.66. The summed E-state index contributed by atoms with van der Waals surface area (Å²) < 4.78 is 13.3. The van der Waals surface area contributed by atoms with Crippen LogP contribution >= 0.6 is 27.7 Å². The number of nitrogens with one attached hydrogen (secondary N) is 1. The molecule has 1 saturated heterocycles. The molecule has 0 aromatic heterocycles. The third kappa shape index (κ3) is 3.39. The first-order valence-corrected chi connectivity index (χ1v) is 9.09. The van der Waals surface area contributed by atoms with Gasteiger partial charge in [-0.3, -0.25) is 9.79 Å². The van der Waals surface area contributed by atoms with E-state index in [0.717, 1.165) is 15.6 Å². The molecule has 2 atom stereocenters. The fraction of sp³-hybridized carbons (Fsp3) is 0.222. The summed E-state index contributed by atoms with van der Waals surface area (Å²) >= 11 is 4.81. The van der Waals surface area contributed by atoms with Gasteiger partial charge in [0.25, 0.3) is 0 Å². The Kier molecular flexibility index (Phi) is 4.78. The molecule has 3 rings (SSSR count). The van der Waals surface area contributed by atoms with Gasteiger partial charge in [0, 0.05) is 4.47 Å². The number of amides is 1. The summed E-state index contributed by atoms with van der Waals surface area (Å²) in [5, 5.41) is 3.44. The first kappa shape index (κ1) is 17.2. The lowest BCUT2D eigenvalue weighted by Gasteiger charge is -2.19. The minimum atomic E-state index is -0.706. The topological polar surface area (TPSA) is 41.5 Å². The Morgan fingerprint density at radius 3 is 2.42 bits per heavy atom. The van der Waals surface area contributed by atoms with Crippen molar-refractivity contribution in [1.82, 2.24) is 5.32 Å². The Morgan fingerprint density at radius 2 is 1.79 bits per heavy atom. The van der Waals surface area contributed by atoms with Gasteiger partial charge in [-0.2, -0.15) is 0 Å². The maximum atomic E-state index is 13.0. The predicted octanol–water partition coefficient (Wildman–Crippen LogP) is 4.78. The molecule has 2 aromatic rings. The lowest BCUT2D eigenvalue weighted by atomic mass is 10.00. The summed E-state index contributed by atoms with van der Waals surface area (Å²) in [6.45, 7) is 3.81. The minimum Gasteiger partial charge on any atom is -0.304 e. The average Bonchev–Trinajstić information content (AvgIpc) is 2.83. The predicted molar refractivity (Wildman–Crippen MR) is 99.5 cm³/mol. The number of carbonyl (C=O) groups excluding carboxylic acids is 1. The zero-order valence-corrected chi connectivity index (χ0v) is 15.6. The van der Waals surface area contributed by atoms with Gasteiger partial charge in [0.05, 0.1) is 6.04 Å². The molecule has 24 heavy (non-hydrogen) atoms. The van der Waals surface area contributed by atoms with Crippen LogP contribution in [0.1, 0.15) is 31.0 Å². The Balaban J connectivity index is 1.83. The number of halogens is 2. The molecule has 1 heterocycles. The molecule has 0 saturated carbocycles. The van der Waals surface area contributed by atoms with Crippen molar-refractivity contribution in [3.8, 4) is 0 Å². The molecule has 0 bridgehead atoms. The van der Waals surface area contributed by atoms with Crippen LogP contribution in [-0.2, 0) is 9.54 Å². The van der Waals surface area contributed by atoms with Crippen molar-refractivity contribution < 1.29 is 9.18 Å². The number of amidine groups is 1. The van der Waals surface area contributed by atoms with E-state index in [1.54, 1.807) is 12.1 Å². The molecule has 0 spiro atoms. The van der Waals surface area contributed by atoms with E-state index in [-0.39, 0.29) is 17.8 Å². The smallest absolute Gasteiger partial charge is 0.246 e. The van der Waals surface area contributed by atoms with Crippen molar-refractivity contribution in [2.24, 2.45) is 4.99 Å². The highest BCUT2D eigenvalue weighted by molar-refractivity contribution is 9.10. The number of aliphatic imine (C=N–C) groups is 1. The summed E-state index contributed by atoms with van der Waals surface area (Å²) in [5.41, 5.74) is 1.82. The minimum absolute atomic E-state index is 0.0834. The van der Waals surface area contributed by atoms with Crippen LogP contribution in [0.15, 0.2) is 58.0 Å². The van der Waals surface area contributed by atoms with E-state index in [2.05, 4.69) is 26.2 Å². The SMILES string of the molecule is C[C@H](N=C1NC(=O)C(C)(c2ccc(Br)cc2)S1)c1ccc(F)cc1. The molecular weight excluding hydrogens is 391 g/mol. The number of benzene rings is 2. The van der Waals surface area contributed by atoms with Gasteiger partial charge >= 0.3 is 0 Å². The van der Waals surface area contributed by atoms with Crippen molar-refractivity contribution in [3.05, 3.63) is 69.9 Å². The van der Waals surface area contributed by atoms with Crippen LogP contribution in [-0.4, -0.2) is 11.1 Å². The second kappa shape index (κ2) is 6.69. The summed E-state index contributed by atoms with van der Waals surface area (Å²) in [4.78, 5) is 17.1. The molecule has 1 amide bonds. The Morgan fingerprint density at radius 1 is 1.17 bits per heavy atom. The van der Waals surface area contributed by atoms with Gasteiger partial charge in [-0.15, -0.1) is 0 Å². The maximum Gasteiger partial charge on any atom is 0.246 e. The van der Waals surface area contributed by atoms with E-state index in [4.69, 9.17) is 0 Å². The third-order valence-electron chi connectivity index (χ3n) is 4.01. The fourth-order valence-electron chi connectivity index (χ4n) is 2.49. The second-order valence-electron chi connectivity index (χ2n) is 5.76. The van der Waals surface area contributed by atoms with Gasteiger partial charge < -0.3 is 5.32 Å². The number of thioether (sulfide) groups is 1. The van der Waals surface area contributed by atoms with Crippen molar-refractivity contribution in [2.75, 3.05) is 0 Å². The van der Waals surface area contributed by atoms with Gasteiger partial charge in [0.15, 0.2) is 5.17 Å². The van der Waals surface area contributed by atoms with Crippen molar-refractivity contribution in [2.45, 2.75) is 24.6 Å². The largest absolute Gasteiger partial charge is 0.304 e. The summed E-state index contributed by atoms with van der Waals surface area (Å²) in [6, 6.07) is 13.8. The molecule has 6 heteroatoms. The normalized spacial score (nSPS) is 23.3. The highest BCUT2D eigenvalue weighted by Gasteiger charge is 2.44. The van der Waals surface area contributed by atoms with Crippen molar-refractivity contribution >= 4 is 38.8 Å². The molecule has 1 N–H and O–H groups in total. The van der Waals surface area contributed by atoms with Crippen LogP contribution in [0, 0.1) is 5.82 Å². The van der Waals surface area contributed by atoms with E-state index in [1.165, 1.54) is 23.9 Å². The fourth-order valence-corrected chi connectivity index (χ4v) is 3.89. The Labute approximate surface area is 152 Å². The number of hydrogen-bond donors (Lipinski definition) is 1. The average molecular weight is 407 g/mol. The van der Waals surface area contributed by atoms with Gasteiger partial charge in [0.2, 0.25) is 5.91 Å². The molecule has 1 fully saturated rings. The summed E-state index contributed by atoms with van der Waals surface area (Å²) in [5.74, 6) is -0.357. The van der Waals surface area contributed by atoms with Crippen LogP contribution in [0.4, 0.5) is 4.39 Å².